The van der Waals surface area contributed by atoms with Gasteiger partial charge in [-0.1, -0.05) is 12.1 Å². The smallest absolute Gasteiger partial charge is 0.265 e. The predicted octanol–water partition coefficient (Wildman–Crippen LogP) is 4.81. The third-order valence-corrected chi connectivity index (χ3v) is 5.37. The SMILES string of the molecule is Cc1cccc(NC(=O)c2cc3cc(N)ccc3s2)c1Br. The van der Waals surface area contributed by atoms with Gasteiger partial charge < -0.3 is 11.1 Å². The molecule has 3 nitrogen and oxygen atoms in total. The standard InChI is InChI=1S/C16H13BrN2OS/c1-9-3-2-4-12(15(9)17)19-16(20)14-8-10-7-11(18)5-6-13(10)21-14/h2-8H,18H2,1H3,(H,19,20). The molecule has 3 rings (SSSR count). The van der Waals surface area contributed by atoms with Crippen molar-refractivity contribution in [1.82, 2.24) is 0 Å². The number of halogens is 1. The van der Waals surface area contributed by atoms with Gasteiger partial charge in [-0.2, -0.15) is 0 Å². The van der Waals surface area contributed by atoms with Crippen molar-refractivity contribution in [2.24, 2.45) is 0 Å². The molecule has 3 N–H and O–H groups in total. The molecule has 0 atom stereocenters. The summed E-state index contributed by atoms with van der Waals surface area (Å²) >= 11 is 4.96. The van der Waals surface area contributed by atoms with E-state index in [9.17, 15) is 4.79 Å². The topological polar surface area (TPSA) is 55.1 Å². The van der Waals surface area contributed by atoms with E-state index in [4.69, 9.17) is 5.73 Å². The molecule has 21 heavy (non-hydrogen) atoms. The van der Waals surface area contributed by atoms with E-state index in [0.717, 1.165) is 25.8 Å². The Morgan fingerprint density at radius 3 is 2.86 bits per heavy atom. The lowest BCUT2D eigenvalue weighted by atomic mass is 10.2. The molecule has 0 fully saturated rings. The maximum atomic E-state index is 12.4. The fourth-order valence-electron chi connectivity index (χ4n) is 2.10. The second-order valence-corrected chi connectivity index (χ2v) is 6.68. The molecule has 1 aromatic heterocycles. The van der Waals surface area contributed by atoms with Crippen molar-refractivity contribution < 1.29 is 4.79 Å². The predicted molar refractivity (Wildman–Crippen MR) is 93.1 cm³/mol. The summed E-state index contributed by atoms with van der Waals surface area (Å²) in [4.78, 5) is 13.0. The minimum Gasteiger partial charge on any atom is -0.399 e. The zero-order valence-electron chi connectivity index (χ0n) is 11.3. The molecule has 5 heteroatoms. The zero-order chi connectivity index (χ0) is 15.0. The third kappa shape index (κ3) is 2.80. The van der Waals surface area contributed by atoms with E-state index in [1.54, 1.807) is 0 Å². The number of rotatable bonds is 2. The van der Waals surface area contributed by atoms with E-state index in [1.807, 2.05) is 49.4 Å². The summed E-state index contributed by atoms with van der Waals surface area (Å²) in [5, 5.41) is 3.93. The van der Waals surface area contributed by atoms with Crippen LogP contribution >= 0.6 is 27.3 Å². The lowest BCUT2D eigenvalue weighted by Crippen LogP contribution is -2.10. The minimum atomic E-state index is -0.110. The van der Waals surface area contributed by atoms with Crippen molar-refractivity contribution in [3.63, 3.8) is 0 Å². The van der Waals surface area contributed by atoms with Crippen molar-refractivity contribution in [1.29, 1.82) is 0 Å². The van der Waals surface area contributed by atoms with Gasteiger partial charge in [0.15, 0.2) is 0 Å². The highest BCUT2D eigenvalue weighted by atomic mass is 79.9. The first kappa shape index (κ1) is 14.1. The molecule has 0 radical (unpaired) electrons. The molecule has 106 valence electrons. The summed E-state index contributed by atoms with van der Waals surface area (Å²) in [5.74, 6) is -0.110. The van der Waals surface area contributed by atoms with Gasteiger partial charge in [0.25, 0.3) is 5.91 Å². The molecular formula is C16H13BrN2OS. The number of fused-ring (bicyclic) bond motifs is 1. The summed E-state index contributed by atoms with van der Waals surface area (Å²) in [7, 11) is 0. The maximum absolute atomic E-state index is 12.4. The molecule has 0 saturated carbocycles. The zero-order valence-corrected chi connectivity index (χ0v) is 13.7. The monoisotopic (exact) mass is 360 g/mol. The molecule has 0 aliphatic rings. The van der Waals surface area contributed by atoms with Crippen LogP contribution in [0.4, 0.5) is 11.4 Å². The number of carbonyl (C=O) groups excluding carboxylic acids is 1. The number of hydrogen-bond donors (Lipinski definition) is 2. The van der Waals surface area contributed by atoms with Gasteiger partial charge >= 0.3 is 0 Å². The normalized spacial score (nSPS) is 10.8. The molecule has 0 aliphatic carbocycles. The van der Waals surface area contributed by atoms with Gasteiger partial charge in [0.2, 0.25) is 0 Å². The van der Waals surface area contributed by atoms with E-state index in [1.165, 1.54) is 11.3 Å². The summed E-state index contributed by atoms with van der Waals surface area (Å²) in [6.07, 6.45) is 0. The largest absolute Gasteiger partial charge is 0.399 e. The summed E-state index contributed by atoms with van der Waals surface area (Å²) in [6, 6.07) is 13.3. The van der Waals surface area contributed by atoms with Crippen molar-refractivity contribution in [3.8, 4) is 0 Å². The Labute approximate surface area is 134 Å². The highest BCUT2D eigenvalue weighted by Gasteiger charge is 2.12. The number of amides is 1. The van der Waals surface area contributed by atoms with Crippen molar-refractivity contribution in [2.45, 2.75) is 6.92 Å². The van der Waals surface area contributed by atoms with Crippen molar-refractivity contribution in [2.75, 3.05) is 11.1 Å². The number of benzene rings is 2. The second-order valence-electron chi connectivity index (χ2n) is 4.80. The van der Waals surface area contributed by atoms with Crippen LogP contribution in [0, 0.1) is 6.92 Å². The molecule has 0 unspecified atom stereocenters. The third-order valence-electron chi connectivity index (χ3n) is 3.20. The first-order chi connectivity index (χ1) is 10.0. The molecule has 1 amide bonds. The number of anilines is 2. The Bertz CT molecular complexity index is 841. The number of aryl methyl sites for hydroxylation is 1. The van der Waals surface area contributed by atoms with Crippen molar-refractivity contribution >= 4 is 54.6 Å². The van der Waals surface area contributed by atoms with Gasteiger partial charge in [0, 0.05) is 14.9 Å². The number of hydrogen-bond acceptors (Lipinski definition) is 3. The highest BCUT2D eigenvalue weighted by Crippen LogP contribution is 2.30. The lowest BCUT2D eigenvalue weighted by Gasteiger charge is -2.07. The molecule has 3 aromatic rings. The Kier molecular flexibility index (Phi) is 3.69. The van der Waals surface area contributed by atoms with Crippen LogP contribution in [0.1, 0.15) is 15.2 Å². The number of carbonyl (C=O) groups is 1. The van der Waals surface area contributed by atoms with E-state index in [0.29, 0.717) is 10.6 Å². The lowest BCUT2D eigenvalue weighted by molar-refractivity contribution is 0.103. The van der Waals surface area contributed by atoms with Crippen LogP contribution in [0.5, 0.6) is 0 Å². The van der Waals surface area contributed by atoms with Gasteiger partial charge in [0.1, 0.15) is 0 Å². The fourth-order valence-corrected chi connectivity index (χ4v) is 3.40. The Morgan fingerprint density at radius 1 is 1.24 bits per heavy atom. The van der Waals surface area contributed by atoms with Crippen LogP contribution in [-0.4, -0.2) is 5.91 Å². The Balaban J connectivity index is 1.91. The molecule has 0 bridgehead atoms. The number of nitrogen functional groups attached to an aromatic ring is 1. The number of thiophene rings is 1. The fraction of sp³-hybridized carbons (Fsp3) is 0.0625. The molecule has 1 heterocycles. The van der Waals surface area contributed by atoms with Crippen LogP contribution in [0.2, 0.25) is 0 Å². The molecule has 0 spiro atoms. The van der Waals surface area contributed by atoms with Gasteiger partial charge in [0.05, 0.1) is 10.6 Å². The Hall–Kier alpha value is -1.85. The number of nitrogens with two attached hydrogens (primary N) is 1. The van der Waals surface area contributed by atoms with Gasteiger partial charge in [-0.15, -0.1) is 11.3 Å². The van der Waals surface area contributed by atoms with E-state index in [2.05, 4.69) is 21.2 Å². The van der Waals surface area contributed by atoms with Gasteiger partial charge in [-0.05, 0) is 64.1 Å². The molecule has 2 aromatic carbocycles. The number of nitrogens with one attached hydrogen (secondary N) is 1. The maximum Gasteiger partial charge on any atom is 0.265 e. The van der Waals surface area contributed by atoms with Gasteiger partial charge in [-0.3, -0.25) is 4.79 Å². The Morgan fingerprint density at radius 2 is 2.05 bits per heavy atom. The molecular weight excluding hydrogens is 348 g/mol. The van der Waals surface area contributed by atoms with Crippen LogP contribution < -0.4 is 11.1 Å². The van der Waals surface area contributed by atoms with E-state index in [-0.39, 0.29) is 5.91 Å². The van der Waals surface area contributed by atoms with Gasteiger partial charge in [-0.25, -0.2) is 0 Å². The van der Waals surface area contributed by atoms with Crippen molar-refractivity contribution in [3.05, 3.63) is 57.4 Å². The highest BCUT2D eigenvalue weighted by molar-refractivity contribution is 9.10. The average Bonchev–Trinajstić information content (AvgIpc) is 2.87. The molecule has 0 aliphatic heterocycles. The van der Waals surface area contributed by atoms with E-state index < -0.39 is 0 Å². The van der Waals surface area contributed by atoms with Crippen LogP contribution in [-0.2, 0) is 0 Å². The summed E-state index contributed by atoms with van der Waals surface area (Å²) in [5.41, 5.74) is 8.33. The summed E-state index contributed by atoms with van der Waals surface area (Å²) in [6.45, 7) is 1.99. The first-order valence-electron chi connectivity index (χ1n) is 6.40. The minimum absolute atomic E-state index is 0.110. The average molecular weight is 361 g/mol. The quantitative estimate of drug-likeness (QED) is 0.644. The van der Waals surface area contributed by atoms with Crippen LogP contribution in [0.25, 0.3) is 10.1 Å². The molecule has 0 saturated heterocycles. The van der Waals surface area contributed by atoms with E-state index >= 15 is 0 Å². The van der Waals surface area contributed by atoms with Crippen LogP contribution in [0.3, 0.4) is 0 Å². The second kappa shape index (κ2) is 5.50. The first-order valence-corrected chi connectivity index (χ1v) is 8.01. The summed E-state index contributed by atoms with van der Waals surface area (Å²) < 4.78 is 1.96. The van der Waals surface area contributed by atoms with Crippen LogP contribution in [0.15, 0.2) is 46.9 Å².